The first-order chi connectivity index (χ1) is 7.27. The fourth-order valence-corrected chi connectivity index (χ4v) is 0.842. The second-order valence-corrected chi connectivity index (χ2v) is 2.73. The van der Waals surface area contributed by atoms with E-state index in [0.717, 1.165) is 0 Å². The Bertz CT molecular complexity index is 313. The molecule has 1 rings (SSSR count). The lowest BCUT2D eigenvalue weighted by molar-refractivity contribution is 0.00826. The molecule has 0 spiro atoms. The molecule has 0 bridgehead atoms. The molecular formula is C8H14N4O3. The fraction of sp³-hybridized carbons (Fsp3) is 0.625. The third kappa shape index (κ3) is 3.64. The van der Waals surface area contributed by atoms with Gasteiger partial charge in [-0.15, -0.1) is 5.10 Å². The van der Waals surface area contributed by atoms with Crippen LogP contribution < -0.4 is 5.48 Å². The van der Waals surface area contributed by atoms with Crippen LogP contribution in [0.4, 0.5) is 0 Å². The minimum absolute atomic E-state index is 0.0734. The van der Waals surface area contributed by atoms with E-state index in [2.05, 4.69) is 20.7 Å². The molecule has 1 amide bonds. The number of hydrogen-bond donors (Lipinski definition) is 2. The van der Waals surface area contributed by atoms with Gasteiger partial charge < -0.3 is 4.74 Å². The highest BCUT2D eigenvalue weighted by Crippen LogP contribution is 1.93. The Morgan fingerprint density at radius 2 is 2.33 bits per heavy atom. The molecule has 1 heterocycles. The van der Waals surface area contributed by atoms with Crippen LogP contribution in [0.2, 0.25) is 0 Å². The molecule has 7 nitrogen and oxygen atoms in total. The Hall–Kier alpha value is -1.47. The third-order valence-electron chi connectivity index (χ3n) is 1.62. The fourth-order valence-electron chi connectivity index (χ4n) is 0.842. The van der Waals surface area contributed by atoms with Gasteiger partial charge in [-0.3, -0.25) is 14.7 Å². The molecule has 0 aliphatic carbocycles. The predicted octanol–water partition coefficient (Wildman–Crippen LogP) is -0.325. The summed E-state index contributed by atoms with van der Waals surface area (Å²) < 4.78 is 4.74. The summed E-state index contributed by atoms with van der Waals surface area (Å²) >= 11 is 0. The van der Waals surface area contributed by atoms with Gasteiger partial charge in [-0.2, -0.15) is 0 Å². The monoisotopic (exact) mass is 214 g/mol. The van der Waals surface area contributed by atoms with E-state index < -0.39 is 5.91 Å². The van der Waals surface area contributed by atoms with Crippen LogP contribution in [0.1, 0.15) is 23.4 Å². The molecule has 0 aliphatic heterocycles. The lowest BCUT2D eigenvalue weighted by atomic mass is 10.5. The molecule has 0 saturated heterocycles. The van der Waals surface area contributed by atoms with Gasteiger partial charge in [0.1, 0.15) is 5.82 Å². The highest BCUT2D eigenvalue weighted by atomic mass is 16.7. The van der Waals surface area contributed by atoms with Crippen LogP contribution in [0, 0.1) is 0 Å². The van der Waals surface area contributed by atoms with Crippen molar-refractivity contribution >= 4 is 5.91 Å². The molecule has 0 aromatic carbocycles. The van der Waals surface area contributed by atoms with Crippen molar-refractivity contribution in [1.82, 2.24) is 20.7 Å². The van der Waals surface area contributed by atoms with Crippen molar-refractivity contribution in [3.05, 3.63) is 11.6 Å². The maximum absolute atomic E-state index is 11.3. The van der Waals surface area contributed by atoms with E-state index in [0.29, 0.717) is 18.9 Å². The quantitative estimate of drug-likeness (QED) is 0.500. The smallest absolute Gasteiger partial charge is 0.314 e. The second-order valence-electron chi connectivity index (χ2n) is 2.73. The van der Waals surface area contributed by atoms with Crippen molar-refractivity contribution in [2.75, 3.05) is 20.3 Å². The molecule has 0 saturated carbocycles. The van der Waals surface area contributed by atoms with E-state index in [-0.39, 0.29) is 12.4 Å². The van der Waals surface area contributed by atoms with Gasteiger partial charge in [0.15, 0.2) is 0 Å². The zero-order valence-electron chi connectivity index (χ0n) is 8.74. The van der Waals surface area contributed by atoms with E-state index in [1.165, 1.54) is 0 Å². The van der Waals surface area contributed by atoms with Gasteiger partial charge in [0.25, 0.3) is 0 Å². The van der Waals surface area contributed by atoms with Crippen molar-refractivity contribution < 1.29 is 14.4 Å². The molecule has 0 unspecified atom stereocenters. The number of rotatable bonds is 6. The van der Waals surface area contributed by atoms with Crippen molar-refractivity contribution in [2.24, 2.45) is 0 Å². The molecule has 84 valence electrons. The van der Waals surface area contributed by atoms with Crippen LogP contribution >= 0.6 is 0 Å². The number of aromatic nitrogens is 3. The summed E-state index contributed by atoms with van der Waals surface area (Å²) in [6.07, 6.45) is 0.699. The number of H-pyrrole nitrogens is 1. The largest absolute Gasteiger partial charge is 0.382 e. The van der Waals surface area contributed by atoms with E-state index in [4.69, 9.17) is 9.57 Å². The van der Waals surface area contributed by atoms with Crippen molar-refractivity contribution in [3.8, 4) is 0 Å². The van der Waals surface area contributed by atoms with Crippen molar-refractivity contribution in [2.45, 2.75) is 13.3 Å². The average Bonchev–Trinajstić information content (AvgIpc) is 2.72. The molecule has 0 aliphatic rings. The minimum atomic E-state index is -0.470. The number of aromatic amines is 1. The first-order valence-electron chi connectivity index (χ1n) is 4.60. The van der Waals surface area contributed by atoms with E-state index >= 15 is 0 Å². The number of hydroxylamine groups is 1. The van der Waals surface area contributed by atoms with E-state index in [9.17, 15) is 4.79 Å². The standard InChI is InChI=1S/C8H14N4O3/c1-3-6-9-7(11-10-6)8(13)12-15-5-4-14-2/h3-5H2,1-2H3,(H,12,13)(H,9,10,11). The topological polar surface area (TPSA) is 89.1 Å². The average molecular weight is 214 g/mol. The summed E-state index contributed by atoms with van der Waals surface area (Å²) in [6.45, 7) is 2.61. The summed E-state index contributed by atoms with van der Waals surface area (Å²) in [5.41, 5.74) is 2.21. The zero-order chi connectivity index (χ0) is 11.1. The summed E-state index contributed by atoms with van der Waals surface area (Å²) in [6, 6.07) is 0. The number of nitrogens with zero attached hydrogens (tertiary/aromatic N) is 2. The van der Waals surface area contributed by atoms with Crippen LogP contribution in [0.15, 0.2) is 0 Å². The second kappa shape index (κ2) is 6.10. The number of ether oxygens (including phenoxy) is 1. The van der Waals surface area contributed by atoms with Crippen LogP contribution in [-0.4, -0.2) is 41.4 Å². The molecule has 0 radical (unpaired) electrons. The molecule has 2 N–H and O–H groups in total. The summed E-state index contributed by atoms with van der Waals surface area (Å²) in [4.78, 5) is 20.1. The highest BCUT2D eigenvalue weighted by Gasteiger charge is 2.11. The summed E-state index contributed by atoms with van der Waals surface area (Å²) in [5, 5.41) is 6.36. The normalized spacial score (nSPS) is 10.3. The lowest BCUT2D eigenvalue weighted by Gasteiger charge is -2.01. The molecule has 7 heteroatoms. The first-order valence-corrected chi connectivity index (χ1v) is 4.60. The van der Waals surface area contributed by atoms with E-state index in [1.54, 1.807) is 7.11 Å². The van der Waals surface area contributed by atoms with Crippen LogP contribution in [0.5, 0.6) is 0 Å². The molecular weight excluding hydrogens is 200 g/mol. The number of amides is 1. The Morgan fingerprint density at radius 3 is 2.93 bits per heavy atom. The van der Waals surface area contributed by atoms with Gasteiger partial charge >= 0.3 is 5.91 Å². The number of nitrogens with one attached hydrogen (secondary N) is 2. The Kier molecular flexibility index (Phi) is 4.72. The Labute approximate surface area is 87.1 Å². The van der Waals surface area contributed by atoms with Gasteiger partial charge in [-0.25, -0.2) is 10.5 Å². The predicted molar refractivity (Wildman–Crippen MR) is 51.1 cm³/mol. The number of carbonyl (C=O) groups excluding carboxylic acids is 1. The van der Waals surface area contributed by atoms with Gasteiger partial charge in [-0.05, 0) is 0 Å². The highest BCUT2D eigenvalue weighted by molar-refractivity contribution is 5.89. The maximum Gasteiger partial charge on any atom is 0.314 e. The molecule has 0 fully saturated rings. The van der Waals surface area contributed by atoms with E-state index in [1.807, 2.05) is 6.92 Å². The van der Waals surface area contributed by atoms with Crippen LogP contribution in [0.3, 0.4) is 0 Å². The first kappa shape index (κ1) is 11.6. The zero-order valence-corrected chi connectivity index (χ0v) is 8.74. The Morgan fingerprint density at radius 1 is 1.53 bits per heavy atom. The van der Waals surface area contributed by atoms with Crippen LogP contribution in [-0.2, 0) is 16.0 Å². The SMILES string of the molecule is CCc1nc(C(=O)NOCCOC)n[nH]1. The van der Waals surface area contributed by atoms with Crippen molar-refractivity contribution in [1.29, 1.82) is 0 Å². The number of methoxy groups -OCH3 is 1. The molecule has 1 aromatic rings. The molecule has 15 heavy (non-hydrogen) atoms. The lowest BCUT2D eigenvalue weighted by Crippen LogP contribution is -2.26. The van der Waals surface area contributed by atoms with Gasteiger partial charge in [0.2, 0.25) is 5.82 Å². The third-order valence-corrected chi connectivity index (χ3v) is 1.62. The summed E-state index contributed by atoms with van der Waals surface area (Å²) in [5.74, 6) is 0.267. The van der Waals surface area contributed by atoms with Gasteiger partial charge in [0, 0.05) is 13.5 Å². The molecule has 0 atom stereocenters. The van der Waals surface area contributed by atoms with Gasteiger partial charge in [-0.1, -0.05) is 6.92 Å². The van der Waals surface area contributed by atoms with Crippen molar-refractivity contribution in [3.63, 3.8) is 0 Å². The number of carbonyl (C=O) groups is 1. The summed E-state index contributed by atoms with van der Waals surface area (Å²) in [7, 11) is 1.55. The van der Waals surface area contributed by atoms with Gasteiger partial charge in [0.05, 0.1) is 13.2 Å². The Balaban J connectivity index is 2.33. The molecule has 1 aromatic heterocycles. The number of hydrogen-bond acceptors (Lipinski definition) is 5. The number of aryl methyl sites for hydroxylation is 1. The maximum atomic E-state index is 11.3. The van der Waals surface area contributed by atoms with Crippen LogP contribution in [0.25, 0.3) is 0 Å². The minimum Gasteiger partial charge on any atom is -0.382 e.